The molecule has 1 aromatic carbocycles. The summed E-state index contributed by atoms with van der Waals surface area (Å²) in [5.41, 5.74) is 3.78. The van der Waals surface area contributed by atoms with Crippen LogP contribution in [0.5, 0.6) is 17.4 Å². The molecule has 4 aromatic rings. The second kappa shape index (κ2) is 10.1. The Kier molecular flexibility index (Phi) is 6.58. The summed E-state index contributed by atoms with van der Waals surface area (Å²) >= 11 is 0. The van der Waals surface area contributed by atoms with Crippen molar-refractivity contribution in [3.8, 4) is 28.6 Å². The number of aromatic nitrogens is 4. The Morgan fingerprint density at radius 3 is 2.65 bits per heavy atom. The first-order valence-corrected chi connectivity index (χ1v) is 11.8. The van der Waals surface area contributed by atoms with Crippen molar-refractivity contribution < 1.29 is 14.2 Å². The summed E-state index contributed by atoms with van der Waals surface area (Å²) in [6.07, 6.45) is 2.43. The minimum absolute atomic E-state index is 0.557. The number of likely N-dealkylation sites (N-methyl/N-ethyl adjacent to an activating group) is 1. The molecule has 4 heterocycles. The van der Waals surface area contributed by atoms with Crippen LogP contribution in [0.15, 0.2) is 54.7 Å². The molecule has 0 amide bonds. The highest BCUT2D eigenvalue weighted by Gasteiger charge is 2.15. The third-order valence-corrected chi connectivity index (χ3v) is 5.95. The van der Waals surface area contributed by atoms with E-state index in [1.54, 1.807) is 0 Å². The third-order valence-electron chi connectivity index (χ3n) is 5.95. The van der Waals surface area contributed by atoms with Crippen LogP contribution in [0.4, 0.5) is 0 Å². The first kappa shape index (κ1) is 22.2. The molecule has 5 rings (SSSR count). The number of hydrogen-bond donors (Lipinski definition) is 0. The van der Waals surface area contributed by atoms with Crippen molar-refractivity contribution in [3.05, 3.63) is 66.1 Å². The van der Waals surface area contributed by atoms with Crippen LogP contribution < -0.4 is 14.2 Å². The lowest BCUT2D eigenvalue weighted by molar-refractivity contribution is 0.171. The van der Waals surface area contributed by atoms with Crippen molar-refractivity contribution in [2.75, 3.05) is 39.5 Å². The molecule has 0 fully saturated rings. The predicted molar refractivity (Wildman–Crippen MR) is 130 cm³/mol. The lowest BCUT2D eigenvalue weighted by Crippen LogP contribution is -2.28. The molecule has 0 N–H and O–H groups in total. The lowest BCUT2D eigenvalue weighted by atomic mass is 10.1. The zero-order valence-corrected chi connectivity index (χ0v) is 19.6. The number of fused-ring (bicyclic) bond motifs is 2. The van der Waals surface area contributed by atoms with Crippen LogP contribution in [-0.2, 0) is 6.42 Å². The van der Waals surface area contributed by atoms with Gasteiger partial charge in [0.05, 0.1) is 5.69 Å². The van der Waals surface area contributed by atoms with Gasteiger partial charge in [-0.3, -0.25) is 0 Å². The molecule has 0 atom stereocenters. The van der Waals surface area contributed by atoms with Crippen LogP contribution in [-0.4, -0.2) is 63.9 Å². The molecular formula is C26H29N5O3. The van der Waals surface area contributed by atoms with Crippen LogP contribution >= 0.6 is 0 Å². The van der Waals surface area contributed by atoms with Gasteiger partial charge in [-0.2, -0.15) is 5.10 Å². The third kappa shape index (κ3) is 4.82. The van der Waals surface area contributed by atoms with Gasteiger partial charge in [0.2, 0.25) is 5.88 Å². The molecule has 34 heavy (non-hydrogen) atoms. The van der Waals surface area contributed by atoms with Crippen molar-refractivity contribution >= 4 is 5.65 Å². The largest absolute Gasteiger partial charge is 0.486 e. The van der Waals surface area contributed by atoms with E-state index in [2.05, 4.69) is 23.7 Å². The standard InChI is InChI=1S/C26H29N5O3/c1-3-30(4-2)12-13-34-26-11-8-19(18-27-26)16-24-28-25-7-5-6-21(31(25)29-24)20-9-10-22-23(17-20)33-15-14-32-22/h5-11,17-18H,3-4,12-16H2,1-2H3. The minimum Gasteiger partial charge on any atom is -0.486 e. The maximum Gasteiger partial charge on any atom is 0.213 e. The zero-order valence-electron chi connectivity index (χ0n) is 19.6. The van der Waals surface area contributed by atoms with Gasteiger partial charge in [-0.25, -0.2) is 14.5 Å². The molecule has 8 heteroatoms. The van der Waals surface area contributed by atoms with E-state index in [0.717, 1.165) is 59.4 Å². The molecule has 0 bridgehead atoms. The number of benzene rings is 1. The SMILES string of the molecule is CCN(CC)CCOc1ccc(Cc2nc3cccc(-c4ccc5c(c4)OCCO5)n3n2)cn1. The van der Waals surface area contributed by atoms with Gasteiger partial charge >= 0.3 is 0 Å². The monoisotopic (exact) mass is 459 g/mol. The molecule has 0 spiro atoms. The Labute approximate surface area is 199 Å². The van der Waals surface area contributed by atoms with Crippen LogP contribution in [0.2, 0.25) is 0 Å². The summed E-state index contributed by atoms with van der Waals surface area (Å²) in [6.45, 7) is 9.02. The molecule has 0 saturated heterocycles. The van der Waals surface area contributed by atoms with Crippen molar-refractivity contribution in [2.45, 2.75) is 20.3 Å². The molecule has 1 aliphatic heterocycles. The summed E-state index contributed by atoms with van der Waals surface area (Å²) in [7, 11) is 0. The van der Waals surface area contributed by atoms with E-state index in [4.69, 9.17) is 24.3 Å². The lowest BCUT2D eigenvalue weighted by Gasteiger charge is -2.19. The molecule has 0 radical (unpaired) electrons. The van der Waals surface area contributed by atoms with E-state index in [1.165, 1.54) is 0 Å². The fourth-order valence-electron chi connectivity index (χ4n) is 4.05. The number of rotatable bonds is 9. The molecule has 0 unspecified atom stereocenters. The van der Waals surface area contributed by atoms with Gasteiger partial charge in [-0.1, -0.05) is 26.0 Å². The van der Waals surface area contributed by atoms with Crippen LogP contribution in [0, 0.1) is 0 Å². The highest BCUT2D eigenvalue weighted by molar-refractivity contribution is 5.66. The maximum atomic E-state index is 5.79. The Balaban J connectivity index is 1.30. The van der Waals surface area contributed by atoms with Gasteiger partial charge in [0.25, 0.3) is 0 Å². The number of nitrogens with zero attached hydrogens (tertiary/aromatic N) is 5. The molecule has 0 aliphatic carbocycles. The normalized spacial score (nSPS) is 12.9. The van der Waals surface area contributed by atoms with Crippen LogP contribution in [0.3, 0.4) is 0 Å². The van der Waals surface area contributed by atoms with E-state index >= 15 is 0 Å². The van der Waals surface area contributed by atoms with Gasteiger partial charge in [-0.15, -0.1) is 0 Å². The summed E-state index contributed by atoms with van der Waals surface area (Å²) in [6, 6.07) is 15.9. The molecule has 3 aromatic heterocycles. The molecular weight excluding hydrogens is 430 g/mol. The Morgan fingerprint density at radius 2 is 1.85 bits per heavy atom. The van der Waals surface area contributed by atoms with Gasteiger partial charge in [0.1, 0.15) is 19.8 Å². The first-order chi connectivity index (χ1) is 16.7. The first-order valence-electron chi connectivity index (χ1n) is 11.8. The van der Waals surface area contributed by atoms with E-state index in [-0.39, 0.29) is 0 Å². The number of pyridine rings is 2. The minimum atomic E-state index is 0.557. The van der Waals surface area contributed by atoms with E-state index in [0.29, 0.717) is 32.1 Å². The van der Waals surface area contributed by atoms with Gasteiger partial charge < -0.3 is 19.1 Å². The highest BCUT2D eigenvalue weighted by atomic mass is 16.6. The van der Waals surface area contributed by atoms with Gasteiger partial charge in [0, 0.05) is 30.8 Å². The molecule has 1 aliphatic rings. The Morgan fingerprint density at radius 1 is 1.00 bits per heavy atom. The van der Waals surface area contributed by atoms with Gasteiger partial charge in [0.15, 0.2) is 23.0 Å². The van der Waals surface area contributed by atoms with Crippen LogP contribution in [0.25, 0.3) is 16.9 Å². The van der Waals surface area contributed by atoms with E-state index in [9.17, 15) is 0 Å². The second-order valence-electron chi connectivity index (χ2n) is 8.12. The fraction of sp³-hybridized carbons (Fsp3) is 0.346. The fourth-order valence-corrected chi connectivity index (χ4v) is 4.05. The zero-order chi connectivity index (χ0) is 23.3. The molecule has 176 valence electrons. The summed E-state index contributed by atoms with van der Waals surface area (Å²) in [5.74, 6) is 2.91. The average molecular weight is 460 g/mol. The van der Waals surface area contributed by atoms with Crippen molar-refractivity contribution in [1.82, 2.24) is 24.5 Å². The molecule has 0 saturated carbocycles. The van der Waals surface area contributed by atoms with Crippen molar-refractivity contribution in [3.63, 3.8) is 0 Å². The average Bonchev–Trinajstić information content (AvgIpc) is 3.30. The predicted octanol–water partition coefficient (Wildman–Crippen LogP) is 3.87. The summed E-state index contributed by atoms with van der Waals surface area (Å²) in [5, 5.41) is 4.78. The Bertz CT molecular complexity index is 1250. The van der Waals surface area contributed by atoms with Crippen molar-refractivity contribution in [2.24, 2.45) is 0 Å². The smallest absolute Gasteiger partial charge is 0.213 e. The van der Waals surface area contributed by atoms with Gasteiger partial charge in [-0.05, 0) is 49.0 Å². The van der Waals surface area contributed by atoms with Crippen molar-refractivity contribution in [1.29, 1.82) is 0 Å². The van der Waals surface area contributed by atoms with E-state index in [1.807, 2.05) is 59.2 Å². The summed E-state index contributed by atoms with van der Waals surface area (Å²) in [4.78, 5) is 11.5. The number of ether oxygens (including phenoxy) is 3. The molecule has 8 nitrogen and oxygen atoms in total. The Hall–Kier alpha value is -3.65. The topological polar surface area (TPSA) is 74.0 Å². The van der Waals surface area contributed by atoms with E-state index < -0.39 is 0 Å². The maximum absolute atomic E-state index is 5.79. The highest BCUT2D eigenvalue weighted by Crippen LogP contribution is 2.34. The second-order valence-corrected chi connectivity index (χ2v) is 8.12. The quantitative estimate of drug-likeness (QED) is 0.376. The van der Waals surface area contributed by atoms with Crippen LogP contribution in [0.1, 0.15) is 25.2 Å². The summed E-state index contributed by atoms with van der Waals surface area (Å²) < 4.78 is 19.1. The number of hydrogen-bond acceptors (Lipinski definition) is 7.